The van der Waals surface area contributed by atoms with Gasteiger partial charge in [0.05, 0.1) is 23.8 Å². The van der Waals surface area contributed by atoms with E-state index in [1.165, 1.54) is 25.7 Å². The number of hydrogen-bond acceptors (Lipinski definition) is 10. The fourth-order valence-corrected chi connectivity index (χ4v) is 5.15. The summed E-state index contributed by atoms with van der Waals surface area (Å²) in [7, 11) is 10.3. The topological polar surface area (TPSA) is 184 Å². The predicted octanol–water partition coefficient (Wildman–Crippen LogP) is 6.63. The van der Waals surface area contributed by atoms with Gasteiger partial charge < -0.3 is 18.3 Å². The monoisotopic (exact) mass is 911 g/mol. The summed E-state index contributed by atoms with van der Waals surface area (Å²) in [6, 6.07) is 12.1. The number of pyridine rings is 2. The molecule has 0 fully saturated rings. The number of nitrogens with zero attached hydrogens (tertiary/aromatic N) is 10. The van der Waals surface area contributed by atoms with Crippen molar-refractivity contribution < 1.29 is 0 Å². The normalized spacial score (nSPS) is 10.5. The highest BCUT2D eigenvalue weighted by molar-refractivity contribution is 5.15. The Kier molecular flexibility index (Phi) is 24.1. The van der Waals surface area contributed by atoms with Crippen LogP contribution in [-0.2, 0) is 42.3 Å². The Balaban J connectivity index is 0.000000396. The van der Waals surface area contributed by atoms with Gasteiger partial charge in [0.1, 0.15) is 0 Å². The molecule has 0 bridgehead atoms. The van der Waals surface area contributed by atoms with E-state index in [-0.39, 0.29) is 33.5 Å². The molecule has 6 rings (SSSR count). The van der Waals surface area contributed by atoms with E-state index >= 15 is 0 Å². The van der Waals surface area contributed by atoms with E-state index in [1.54, 1.807) is 111 Å². The Morgan fingerprint density at radius 1 is 0.379 bits per heavy atom. The van der Waals surface area contributed by atoms with E-state index in [1.807, 2.05) is 66.1 Å². The molecular formula is C50H74N10O6. The van der Waals surface area contributed by atoms with Crippen molar-refractivity contribution in [3.05, 3.63) is 182 Å². The van der Waals surface area contributed by atoms with Crippen LogP contribution in [0.15, 0.2) is 115 Å². The first-order chi connectivity index (χ1) is 30.7. The maximum absolute atomic E-state index is 11.1. The van der Waals surface area contributed by atoms with Crippen LogP contribution >= 0.6 is 0 Å². The van der Waals surface area contributed by atoms with Crippen LogP contribution in [0.3, 0.4) is 0 Å². The lowest BCUT2D eigenvalue weighted by atomic mass is 10.1. The van der Waals surface area contributed by atoms with Crippen molar-refractivity contribution in [2.24, 2.45) is 42.3 Å². The zero-order valence-corrected chi connectivity index (χ0v) is 42.5. The quantitative estimate of drug-likeness (QED) is 0.176. The Bertz CT molecular complexity index is 2470. The fourth-order valence-electron chi connectivity index (χ4n) is 5.15. The molecule has 0 aromatic carbocycles. The van der Waals surface area contributed by atoms with Crippen LogP contribution in [-0.4, -0.2) is 47.8 Å². The molecule has 360 valence electrons. The van der Waals surface area contributed by atoms with Gasteiger partial charge in [0.25, 0.3) is 22.2 Å². The van der Waals surface area contributed by atoms with E-state index in [0.29, 0.717) is 35.5 Å². The van der Waals surface area contributed by atoms with Gasteiger partial charge in [-0.05, 0) is 69.9 Å². The Labute approximate surface area is 389 Å². The summed E-state index contributed by atoms with van der Waals surface area (Å²) in [5.41, 5.74) is 6.04. The number of aromatic nitrogens is 10. The van der Waals surface area contributed by atoms with Crippen LogP contribution in [0.5, 0.6) is 0 Å². The van der Waals surface area contributed by atoms with E-state index in [2.05, 4.69) is 61.7 Å². The van der Waals surface area contributed by atoms with Crippen LogP contribution in [0.4, 0.5) is 0 Å². The molecule has 0 aliphatic carbocycles. The van der Waals surface area contributed by atoms with Gasteiger partial charge in [-0.2, -0.15) is 10.2 Å². The van der Waals surface area contributed by atoms with Gasteiger partial charge in [-0.15, -0.1) is 0 Å². The Morgan fingerprint density at radius 2 is 0.894 bits per heavy atom. The van der Waals surface area contributed by atoms with E-state index in [0.717, 1.165) is 28.1 Å². The third kappa shape index (κ3) is 20.1. The molecule has 66 heavy (non-hydrogen) atoms. The highest BCUT2D eigenvalue weighted by Gasteiger charge is 2.04. The third-order valence-corrected chi connectivity index (χ3v) is 10.0. The SMILES string of the molecule is CC(C)c1ccc(=O)n(C)c1.CC(C)c1ccc(=O)n(C)n1.CC(C)c1ccn(C)c(=O)c1.CC(C)c1cn(C)c(=O)cn1.CC(C)c1cnc(=O)n(C)c1.CC(C)c1cnn(C)c(=O)c1. The molecule has 0 N–H and O–H groups in total. The first-order valence-electron chi connectivity index (χ1n) is 22.1. The third-order valence-electron chi connectivity index (χ3n) is 10.0. The van der Waals surface area contributed by atoms with Gasteiger partial charge in [-0.3, -0.25) is 29.0 Å². The minimum absolute atomic E-state index is 0.0452. The Hall–Kier alpha value is -6.58. The molecule has 0 atom stereocenters. The molecule has 0 spiro atoms. The molecule has 0 amide bonds. The summed E-state index contributed by atoms with van der Waals surface area (Å²) < 4.78 is 8.90. The Morgan fingerprint density at radius 3 is 1.35 bits per heavy atom. The summed E-state index contributed by atoms with van der Waals surface area (Å²) in [5, 5.41) is 7.98. The number of rotatable bonds is 6. The second kappa shape index (κ2) is 27.7. The van der Waals surface area contributed by atoms with E-state index in [9.17, 15) is 28.8 Å². The zero-order chi connectivity index (χ0) is 50.6. The highest BCUT2D eigenvalue weighted by atomic mass is 16.2. The van der Waals surface area contributed by atoms with Gasteiger partial charge in [-0.25, -0.2) is 19.1 Å². The van der Waals surface area contributed by atoms with Gasteiger partial charge in [0.2, 0.25) is 5.56 Å². The standard InChI is InChI=1S/2C9H13NO.4C8H12N2O/c1-7(2)8-4-5-10(3)9(11)6-8;1-7(2)8-4-5-9(11)10(3)6-8;1-6(2)7-5-10(3)8(11)4-9-7;1-6(2)7-4-9-8(11)10(3)5-7;1-6(2)7-4-8(11)10(3)9-5-7;1-6(2)7-4-5-8(11)10(3)9-7/h2*4-7H,1-3H3;4*4-6H,1-3H3. The average molecular weight is 911 g/mol. The molecule has 0 aliphatic heterocycles. The second-order valence-corrected chi connectivity index (χ2v) is 17.8. The maximum atomic E-state index is 11.1. The molecule has 0 saturated heterocycles. The first-order valence-corrected chi connectivity index (χ1v) is 22.1. The van der Waals surface area contributed by atoms with Gasteiger partial charge in [0.15, 0.2) is 0 Å². The maximum Gasteiger partial charge on any atom is 0.347 e. The van der Waals surface area contributed by atoms with Gasteiger partial charge in [-0.1, -0.05) is 89.2 Å². The molecule has 6 aromatic rings. The van der Waals surface area contributed by atoms with Gasteiger partial charge in [0, 0.05) is 97.5 Å². The fraction of sp³-hybridized carbons (Fsp3) is 0.480. The lowest BCUT2D eigenvalue weighted by Gasteiger charge is -2.05. The largest absolute Gasteiger partial charge is 0.347 e. The molecular weight excluding hydrogens is 837 g/mol. The summed E-state index contributed by atoms with van der Waals surface area (Å²) in [5.74, 6) is 2.47. The van der Waals surface area contributed by atoms with Crippen LogP contribution < -0.4 is 33.5 Å². The summed E-state index contributed by atoms with van der Waals surface area (Å²) in [4.78, 5) is 73.5. The van der Waals surface area contributed by atoms with Crippen LogP contribution in [0.1, 0.15) is 152 Å². The molecule has 0 aliphatic rings. The number of aryl methyl sites for hydroxylation is 6. The van der Waals surface area contributed by atoms with Crippen LogP contribution in [0.25, 0.3) is 0 Å². The minimum atomic E-state index is -0.200. The van der Waals surface area contributed by atoms with Crippen LogP contribution in [0.2, 0.25) is 0 Å². The van der Waals surface area contributed by atoms with Crippen molar-refractivity contribution in [3.8, 4) is 0 Å². The van der Waals surface area contributed by atoms with Crippen molar-refractivity contribution >= 4 is 0 Å². The molecule has 0 saturated carbocycles. The van der Waals surface area contributed by atoms with Crippen molar-refractivity contribution in [2.75, 3.05) is 0 Å². The van der Waals surface area contributed by atoms with Crippen molar-refractivity contribution in [1.29, 1.82) is 0 Å². The second-order valence-electron chi connectivity index (χ2n) is 17.8. The van der Waals surface area contributed by atoms with Crippen molar-refractivity contribution in [3.63, 3.8) is 0 Å². The summed E-state index contributed by atoms with van der Waals surface area (Å²) in [6.45, 7) is 24.8. The molecule has 6 aromatic heterocycles. The predicted molar refractivity (Wildman–Crippen MR) is 266 cm³/mol. The van der Waals surface area contributed by atoms with E-state index < -0.39 is 0 Å². The molecule has 6 heterocycles. The minimum Gasteiger partial charge on any atom is -0.319 e. The molecule has 0 unspecified atom stereocenters. The lowest BCUT2D eigenvalue weighted by Crippen LogP contribution is -2.19. The average Bonchev–Trinajstić information content (AvgIpc) is 3.24. The van der Waals surface area contributed by atoms with Crippen LogP contribution in [0, 0.1) is 0 Å². The lowest BCUT2D eigenvalue weighted by molar-refractivity contribution is 0.653. The molecule has 16 nitrogen and oxygen atoms in total. The van der Waals surface area contributed by atoms with Crippen molar-refractivity contribution in [2.45, 2.75) is 119 Å². The van der Waals surface area contributed by atoms with Gasteiger partial charge >= 0.3 is 5.69 Å². The van der Waals surface area contributed by atoms with E-state index in [4.69, 9.17) is 0 Å². The number of hydrogen-bond donors (Lipinski definition) is 0. The molecule has 16 heteroatoms. The summed E-state index contributed by atoms with van der Waals surface area (Å²) in [6.07, 6.45) is 12.0. The highest BCUT2D eigenvalue weighted by Crippen LogP contribution is 2.12. The summed E-state index contributed by atoms with van der Waals surface area (Å²) >= 11 is 0. The zero-order valence-electron chi connectivity index (χ0n) is 42.5. The first kappa shape index (κ1) is 57.4. The molecule has 0 radical (unpaired) electrons. The van der Waals surface area contributed by atoms with Crippen molar-refractivity contribution in [1.82, 2.24) is 47.8 Å². The smallest absolute Gasteiger partial charge is 0.319 e.